The fourth-order valence-corrected chi connectivity index (χ4v) is 2.99. The van der Waals surface area contributed by atoms with E-state index in [1.807, 2.05) is 4.98 Å². The number of nitrogens with one attached hydrogen (secondary N) is 1. The zero-order chi connectivity index (χ0) is 21.5. The van der Waals surface area contributed by atoms with Gasteiger partial charge in [0.15, 0.2) is 12.5 Å². The van der Waals surface area contributed by atoms with E-state index in [4.69, 9.17) is 19.3 Å². The molecule has 2 aliphatic rings. The molecule has 14 nitrogen and oxygen atoms in total. The maximum atomic E-state index is 11.8. The Labute approximate surface area is 160 Å². The molecule has 2 aliphatic heterocycles. The first-order chi connectivity index (χ1) is 13.6. The van der Waals surface area contributed by atoms with Crippen molar-refractivity contribution in [2.24, 2.45) is 0 Å². The van der Waals surface area contributed by atoms with Gasteiger partial charge in [-0.05, 0) is 0 Å². The van der Waals surface area contributed by atoms with Gasteiger partial charge >= 0.3 is 11.7 Å². The Hall–Kier alpha value is -2.46. The number of aromatic amines is 1. The van der Waals surface area contributed by atoms with Crippen molar-refractivity contribution in [1.29, 1.82) is 0 Å². The van der Waals surface area contributed by atoms with Crippen molar-refractivity contribution >= 4 is 11.8 Å². The average Bonchev–Trinajstić information content (AvgIpc) is 2.94. The molecule has 1 aromatic rings. The van der Waals surface area contributed by atoms with Gasteiger partial charge in [0, 0.05) is 12.3 Å². The lowest BCUT2D eigenvalue weighted by Crippen LogP contribution is -2.58. The van der Waals surface area contributed by atoms with Crippen molar-refractivity contribution < 1.29 is 49.3 Å². The lowest BCUT2D eigenvalue weighted by Gasteiger charge is -2.34. The predicted octanol–water partition coefficient (Wildman–Crippen LogP) is -4.73. The zero-order valence-corrected chi connectivity index (χ0v) is 14.5. The van der Waals surface area contributed by atoms with Crippen LogP contribution in [0.1, 0.15) is 6.23 Å². The lowest BCUT2D eigenvalue weighted by molar-refractivity contribution is -0.261. The highest BCUT2D eigenvalue weighted by Crippen LogP contribution is 2.29. The molecule has 0 aromatic carbocycles. The number of ether oxygens (including phenoxy) is 3. The zero-order valence-electron chi connectivity index (χ0n) is 14.5. The number of hydrogen-bond donors (Lipinski definition) is 6. The highest BCUT2D eigenvalue weighted by molar-refractivity contribution is 6.04. The largest absolute Gasteiger partial charge is 0.479 e. The van der Waals surface area contributed by atoms with Crippen LogP contribution in [0.5, 0.6) is 0 Å². The standard InChI is InChI=1S/C15H18N2O12/c18-5-1-2-17(15(26)16-5)12-9(22)6(19)4(28-12)3-27-14-10(23)7(20)8(21)11(29-14)13(24)25/h1-2,4,6-7,9-12,14,19-20,22-23H,3H2,(H,24,25)(H,16,18,26)/t4-,6-,7+,9+,10+,11-,12-,14+/m0/s1. The second-order valence-corrected chi connectivity index (χ2v) is 6.46. The van der Waals surface area contributed by atoms with Gasteiger partial charge in [-0.3, -0.25) is 19.1 Å². The van der Waals surface area contributed by atoms with Gasteiger partial charge in [0.2, 0.25) is 11.9 Å². The van der Waals surface area contributed by atoms with E-state index in [9.17, 15) is 39.6 Å². The van der Waals surface area contributed by atoms with Crippen molar-refractivity contribution in [2.75, 3.05) is 6.61 Å². The fraction of sp³-hybridized carbons (Fsp3) is 0.600. The van der Waals surface area contributed by atoms with Crippen LogP contribution in [0.2, 0.25) is 0 Å². The molecule has 2 saturated heterocycles. The van der Waals surface area contributed by atoms with E-state index >= 15 is 0 Å². The molecular formula is C15H18N2O12. The predicted molar refractivity (Wildman–Crippen MR) is 86.5 cm³/mol. The first-order valence-corrected chi connectivity index (χ1v) is 8.34. The summed E-state index contributed by atoms with van der Waals surface area (Å²) in [6.45, 7) is -0.568. The first kappa shape index (κ1) is 21.3. The molecule has 3 rings (SSSR count). The summed E-state index contributed by atoms with van der Waals surface area (Å²) in [6.07, 6.45) is -12.5. The number of H-pyrrole nitrogens is 1. The summed E-state index contributed by atoms with van der Waals surface area (Å²) in [5, 5.41) is 48.7. The van der Waals surface area contributed by atoms with Crippen LogP contribution in [0.4, 0.5) is 0 Å². The first-order valence-electron chi connectivity index (χ1n) is 8.34. The molecule has 3 heterocycles. The van der Waals surface area contributed by atoms with Gasteiger partial charge in [0.1, 0.15) is 30.5 Å². The van der Waals surface area contributed by atoms with E-state index < -0.39 is 78.8 Å². The molecule has 8 atom stereocenters. The number of nitrogens with zero attached hydrogens (tertiary/aromatic N) is 1. The minimum absolute atomic E-state index is 0.568. The van der Waals surface area contributed by atoms with Crippen molar-refractivity contribution in [3.05, 3.63) is 33.1 Å². The SMILES string of the molecule is O=C(O)[C@H]1O[C@@H](OC[C@@H]2O[C@H](n3ccc(=O)[nH]c3=O)[C@H](O)[C@H]2O)[C@H](O)[C@H](O)C1=O. The van der Waals surface area contributed by atoms with Crippen molar-refractivity contribution in [1.82, 2.24) is 9.55 Å². The van der Waals surface area contributed by atoms with Gasteiger partial charge in [-0.1, -0.05) is 0 Å². The van der Waals surface area contributed by atoms with E-state index in [1.54, 1.807) is 0 Å². The van der Waals surface area contributed by atoms with Gasteiger partial charge in [-0.2, -0.15) is 0 Å². The topological polar surface area (TPSA) is 218 Å². The molecule has 1 aromatic heterocycles. The fourth-order valence-electron chi connectivity index (χ4n) is 2.99. The number of aliphatic hydroxyl groups is 4. The Morgan fingerprint density at radius 3 is 2.41 bits per heavy atom. The Morgan fingerprint density at radius 1 is 1.10 bits per heavy atom. The van der Waals surface area contributed by atoms with Crippen LogP contribution in [0.25, 0.3) is 0 Å². The van der Waals surface area contributed by atoms with Crippen LogP contribution in [0, 0.1) is 0 Å². The molecule has 160 valence electrons. The molecule has 0 saturated carbocycles. The number of carboxylic acid groups (broad SMARTS) is 1. The van der Waals surface area contributed by atoms with E-state index in [0.717, 1.165) is 16.8 Å². The third kappa shape index (κ3) is 3.99. The van der Waals surface area contributed by atoms with Crippen LogP contribution in [-0.4, -0.2) is 96.4 Å². The maximum absolute atomic E-state index is 11.8. The van der Waals surface area contributed by atoms with Gasteiger partial charge in [0.25, 0.3) is 5.56 Å². The molecule has 0 spiro atoms. The van der Waals surface area contributed by atoms with Crippen LogP contribution in [0.15, 0.2) is 21.9 Å². The summed E-state index contributed by atoms with van der Waals surface area (Å²) in [4.78, 5) is 47.6. The van der Waals surface area contributed by atoms with Crippen molar-refractivity contribution in [3.8, 4) is 0 Å². The molecule has 0 aliphatic carbocycles. The Balaban J connectivity index is 1.69. The van der Waals surface area contributed by atoms with Gasteiger partial charge in [-0.25, -0.2) is 9.59 Å². The molecule has 0 radical (unpaired) electrons. The number of aromatic nitrogens is 2. The molecular weight excluding hydrogens is 400 g/mol. The number of aliphatic carboxylic acids is 1. The molecule has 29 heavy (non-hydrogen) atoms. The number of Topliss-reactive ketones (excluding diaryl/α,β-unsaturated/α-hetero) is 1. The van der Waals surface area contributed by atoms with E-state index in [0.29, 0.717) is 0 Å². The van der Waals surface area contributed by atoms with Gasteiger partial charge in [-0.15, -0.1) is 0 Å². The summed E-state index contributed by atoms with van der Waals surface area (Å²) < 4.78 is 16.2. The summed E-state index contributed by atoms with van der Waals surface area (Å²) in [5.74, 6) is -2.95. The van der Waals surface area contributed by atoms with Gasteiger partial charge < -0.3 is 39.7 Å². The lowest BCUT2D eigenvalue weighted by atomic mass is 10.0. The summed E-state index contributed by atoms with van der Waals surface area (Å²) in [7, 11) is 0. The van der Waals surface area contributed by atoms with Crippen molar-refractivity contribution in [2.45, 2.75) is 49.1 Å². The minimum Gasteiger partial charge on any atom is -0.479 e. The number of hydrogen-bond acceptors (Lipinski definition) is 11. The van der Waals surface area contributed by atoms with E-state index in [-0.39, 0.29) is 0 Å². The number of carbonyl (C=O) groups is 2. The molecule has 14 heteroatoms. The van der Waals surface area contributed by atoms with Crippen LogP contribution >= 0.6 is 0 Å². The molecule has 0 unspecified atom stereocenters. The highest BCUT2D eigenvalue weighted by atomic mass is 16.7. The van der Waals surface area contributed by atoms with E-state index in [2.05, 4.69) is 0 Å². The second kappa shape index (κ2) is 8.11. The maximum Gasteiger partial charge on any atom is 0.340 e. The number of carbonyl (C=O) groups excluding carboxylic acids is 1. The van der Waals surface area contributed by atoms with E-state index in [1.165, 1.54) is 0 Å². The Kier molecular flexibility index (Phi) is 5.95. The average molecular weight is 418 g/mol. The highest BCUT2D eigenvalue weighted by Gasteiger charge is 2.49. The van der Waals surface area contributed by atoms with Crippen molar-refractivity contribution in [3.63, 3.8) is 0 Å². The number of ketones is 1. The molecule has 6 N–H and O–H groups in total. The molecule has 0 amide bonds. The van der Waals surface area contributed by atoms with Crippen LogP contribution < -0.4 is 11.2 Å². The summed E-state index contributed by atoms with van der Waals surface area (Å²) in [6, 6.07) is 1.00. The molecule has 0 bridgehead atoms. The number of rotatable bonds is 5. The van der Waals surface area contributed by atoms with Crippen LogP contribution in [0.3, 0.4) is 0 Å². The second-order valence-electron chi connectivity index (χ2n) is 6.46. The minimum atomic E-state index is -2.07. The van der Waals surface area contributed by atoms with Crippen LogP contribution in [-0.2, 0) is 23.8 Å². The third-order valence-electron chi connectivity index (χ3n) is 4.53. The Morgan fingerprint density at radius 2 is 1.79 bits per heavy atom. The monoisotopic (exact) mass is 418 g/mol. The third-order valence-corrected chi connectivity index (χ3v) is 4.53. The number of aliphatic hydroxyl groups excluding tert-OH is 4. The molecule has 2 fully saturated rings. The quantitative estimate of drug-likeness (QED) is 0.248. The smallest absolute Gasteiger partial charge is 0.340 e. The van der Waals surface area contributed by atoms with Gasteiger partial charge in [0.05, 0.1) is 6.61 Å². The summed E-state index contributed by atoms with van der Waals surface area (Å²) in [5.41, 5.74) is -1.57. The number of carboxylic acids is 1. The Bertz CT molecular complexity index is 896. The normalized spacial score (nSPS) is 37.6. The summed E-state index contributed by atoms with van der Waals surface area (Å²) >= 11 is 0.